The minimum Gasteiger partial charge on any atom is -0.497 e. The van der Waals surface area contributed by atoms with Crippen LogP contribution in [-0.2, 0) is 29.1 Å². The molecule has 1 N–H and O–H groups in total. The molecule has 0 bridgehead atoms. The Balaban J connectivity index is 1.66. The molecule has 7 heteroatoms. The van der Waals surface area contributed by atoms with E-state index in [2.05, 4.69) is 24.4 Å². The maximum atomic E-state index is 14.4. The minimum atomic E-state index is -0.632. The lowest BCUT2D eigenvalue weighted by atomic mass is 10.1. The summed E-state index contributed by atoms with van der Waals surface area (Å²) < 4.78 is 19.5. The molecule has 1 unspecified atom stereocenters. The summed E-state index contributed by atoms with van der Waals surface area (Å²) in [6.07, 6.45) is 1.02. The van der Waals surface area contributed by atoms with Crippen LogP contribution in [0.1, 0.15) is 30.0 Å². The Hall–Kier alpha value is -2.93. The van der Waals surface area contributed by atoms with E-state index in [4.69, 9.17) is 4.74 Å². The number of methoxy groups -OCH3 is 1. The second-order valence-corrected chi connectivity index (χ2v) is 7.86. The molecule has 6 nitrogen and oxygen atoms in total. The number of benzene rings is 2. The molecule has 1 fully saturated rings. The third-order valence-electron chi connectivity index (χ3n) is 5.72. The molecule has 0 spiro atoms. The molecule has 166 valence electrons. The highest BCUT2D eigenvalue weighted by Gasteiger charge is 2.32. The standard InChI is InChI=1S/C24H30FN3O3/c1-4-17-5-7-18(8-6-17)15-27(2)23(29)14-22-24(30)26-11-12-28(22)16-19-9-10-20(31-3)13-21(19)25/h5-10,13,22H,4,11-12,14-16H2,1-3H3,(H,26,30). The zero-order chi connectivity index (χ0) is 22.4. The van der Waals surface area contributed by atoms with Crippen molar-refractivity contribution in [1.29, 1.82) is 0 Å². The van der Waals surface area contributed by atoms with Crippen LogP contribution in [0.5, 0.6) is 5.75 Å². The fourth-order valence-electron chi connectivity index (χ4n) is 3.74. The smallest absolute Gasteiger partial charge is 0.237 e. The van der Waals surface area contributed by atoms with Crippen molar-refractivity contribution < 1.29 is 18.7 Å². The summed E-state index contributed by atoms with van der Waals surface area (Å²) in [5.74, 6) is -0.267. The number of ether oxygens (including phenoxy) is 1. The van der Waals surface area contributed by atoms with E-state index in [-0.39, 0.29) is 30.6 Å². The van der Waals surface area contributed by atoms with Crippen molar-refractivity contribution in [2.45, 2.75) is 38.9 Å². The van der Waals surface area contributed by atoms with Crippen molar-refractivity contribution in [3.63, 3.8) is 0 Å². The van der Waals surface area contributed by atoms with Crippen LogP contribution in [0.2, 0.25) is 0 Å². The highest BCUT2D eigenvalue weighted by Crippen LogP contribution is 2.21. The number of hydrogen-bond acceptors (Lipinski definition) is 4. The number of aryl methyl sites for hydroxylation is 1. The van der Waals surface area contributed by atoms with E-state index < -0.39 is 6.04 Å². The van der Waals surface area contributed by atoms with Crippen molar-refractivity contribution >= 4 is 11.8 Å². The first-order valence-electron chi connectivity index (χ1n) is 10.6. The van der Waals surface area contributed by atoms with Gasteiger partial charge in [0.1, 0.15) is 11.6 Å². The third kappa shape index (κ3) is 5.82. The molecule has 0 aromatic heterocycles. The monoisotopic (exact) mass is 427 g/mol. The molecule has 1 heterocycles. The largest absolute Gasteiger partial charge is 0.497 e. The number of halogens is 1. The number of nitrogens with zero attached hydrogens (tertiary/aromatic N) is 2. The Morgan fingerprint density at radius 2 is 1.94 bits per heavy atom. The fourth-order valence-corrected chi connectivity index (χ4v) is 3.74. The average Bonchev–Trinajstić information content (AvgIpc) is 2.77. The lowest BCUT2D eigenvalue weighted by molar-refractivity contribution is -0.138. The summed E-state index contributed by atoms with van der Waals surface area (Å²) in [6, 6.07) is 12.2. The van der Waals surface area contributed by atoms with Gasteiger partial charge in [-0.05, 0) is 23.6 Å². The van der Waals surface area contributed by atoms with Crippen LogP contribution >= 0.6 is 0 Å². The Kier molecular flexibility index (Phi) is 7.63. The number of amides is 2. The van der Waals surface area contributed by atoms with Gasteiger partial charge in [0.25, 0.3) is 0 Å². The molecule has 3 rings (SSSR count). The van der Waals surface area contributed by atoms with Gasteiger partial charge >= 0.3 is 0 Å². The quantitative estimate of drug-likeness (QED) is 0.704. The molecule has 31 heavy (non-hydrogen) atoms. The molecule has 1 saturated heterocycles. The summed E-state index contributed by atoms with van der Waals surface area (Å²) in [6.45, 7) is 3.86. The first kappa shape index (κ1) is 22.7. The lowest BCUT2D eigenvalue weighted by Gasteiger charge is -2.35. The second-order valence-electron chi connectivity index (χ2n) is 7.86. The van der Waals surface area contributed by atoms with Crippen LogP contribution in [0.25, 0.3) is 0 Å². The van der Waals surface area contributed by atoms with Crippen LogP contribution in [0, 0.1) is 5.82 Å². The molecule has 0 aliphatic carbocycles. The average molecular weight is 428 g/mol. The van der Waals surface area contributed by atoms with Gasteiger partial charge in [-0.25, -0.2) is 4.39 Å². The van der Waals surface area contributed by atoms with Crippen LogP contribution < -0.4 is 10.1 Å². The number of carbonyl (C=O) groups is 2. The van der Waals surface area contributed by atoms with Gasteiger partial charge in [-0.3, -0.25) is 14.5 Å². The van der Waals surface area contributed by atoms with E-state index >= 15 is 0 Å². The van der Waals surface area contributed by atoms with Gasteiger partial charge < -0.3 is 15.0 Å². The fraction of sp³-hybridized carbons (Fsp3) is 0.417. The van der Waals surface area contributed by atoms with Gasteiger partial charge in [-0.2, -0.15) is 0 Å². The summed E-state index contributed by atoms with van der Waals surface area (Å²) >= 11 is 0. The zero-order valence-corrected chi connectivity index (χ0v) is 18.4. The zero-order valence-electron chi connectivity index (χ0n) is 18.4. The van der Waals surface area contributed by atoms with E-state index in [0.29, 0.717) is 30.9 Å². The molecule has 1 aliphatic rings. The van der Waals surface area contributed by atoms with Crippen LogP contribution in [-0.4, -0.2) is 54.9 Å². The Labute approximate surface area is 183 Å². The van der Waals surface area contributed by atoms with Gasteiger partial charge in [-0.15, -0.1) is 0 Å². The van der Waals surface area contributed by atoms with E-state index in [1.54, 1.807) is 24.1 Å². The number of carbonyl (C=O) groups excluding carboxylic acids is 2. The number of hydrogen-bond donors (Lipinski definition) is 1. The van der Waals surface area contributed by atoms with Crippen molar-refractivity contribution in [3.05, 3.63) is 65.0 Å². The maximum absolute atomic E-state index is 14.4. The topological polar surface area (TPSA) is 61.9 Å². The van der Waals surface area contributed by atoms with E-state index in [1.165, 1.54) is 18.7 Å². The number of rotatable bonds is 8. The molecule has 1 aliphatic heterocycles. The summed E-state index contributed by atoms with van der Waals surface area (Å²) in [5, 5.41) is 2.82. The van der Waals surface area contributed by atoms with Gasteiger partial charge in [0.2, 0.25) is 11.8 Å². The molecule has 1 atom stereocenters. The van der Waals surface area contributed by atoms with Gasteiger partial charge in [-0.1, -0.05) is 37.3 Å². The molecule has 2 aromatic carbocycles. The number of piperazine rings is 1. The van der Waals surface area contributed by atoms with Crippen molar-refractivity contribution in [3.8, 4) is 5.75 Å². The Morgan fingerprint density at radius 1 is 1.23 bits per heavy atom. The van der Waals surface area contributed by atoms with E-state index in [0.717, 1.165) is 12.0 Å². The Bertz CT molecular complexity index is 917. The summed E-state index contributed by atoms with van der Waals surface area (Å²) in [5.41, 5.74) is 2.76. The first-order chi connectivity index (χ1) is 14.9. The van der Waals surface area contributed by atoms with E-state index in [1.807, 2.05) is 17.0 Å². The van der Waals surface area contributed by atoms with Crippen LogP contribution in [0.4, 0.5) is 4.39 Å². The third-order valence-corrected chi connectivity index (χ3v) is 5.72. The summed E-state index contributed by atoms with van der Waals surface area (Å²) in [4.78, 5) is 28.9. The first-order valence-corrected chi connectivity index (χ1v) is 10.6. The molecular weight excluding hydrogens is 397 g/mol. The predicted molar refractivity (Wildman–Crippen MR) is 117 cm³/mol. The predicted octanol–water partition coefficient (Wildman–Crippen LogP) is 2.75. The normalized spacial score (nSPS) is 16.6. The molecule has 0 radical (unpaired) electrons. The van der Waals surface area contributed by atoms with Crippen LogP contribution in [0.15, 0.2) is 42.5 Å². The van der Waals surface area contributed by atoms with Gasteiger partial charge in [0.15, 0.2) is 0 Å². The molecule has 0 saturated carbocycles. The minimum absolute atomic E-state index is 0.0488. The highest BCUT2D eigenvalue weighted by molar-refractivity contribution is 5.88. The van der Waals surface area contributed by atoms with Gasteiger partial charge in [0, 0.05) is 44.9 Å². The number of nitrogens with one attached hydrogen (secondary N) is 1. The lowest BCUT2D eigenvalue weighted by Crippen LogP contribution is -2.56. The highest BCUT2D eigenvalue weighted by atomic mass is 19.1. The van der Waals surface area contributed by atoms with Crippen molar-refractivity contribution in [1.82, 2.24) is 15.1 Å². The Morgan fingerprint density at radius 3 is 2.58 bits per heavy atom. The molecule has 2 aromatic rings. The maximum Gasteiger partial charge on any atom is 0.237 e. The van der Waals surface area contributed by atoms with Crippen molar-refractivity contribution in [2.24, 2.45) is 0 Å². The van der Waals surface area contributed by atoms with Gasteiger partial charge in [0.05, 0.1) is 19.6 Å². The SMILES string of the molecule is CCc1ccc(CN(C)C(=O)CC2C(=O)NCCN2Cc2ccc(OC)cc2F)cc1. The summed E-state index contributed by atoms with van der Waals surface area (Å²) in [7, 11) is 3.23. The second kappa shape index (κ2) is 10.4. The van der Waals surface area contributed by atoms with Crippen LogP contribution in [0.3, 0.4) is 0 Å². The molecular formula is C24H30FN3O3. The molecule has 2 amide bonds. The van der Waals surface area contributed by atoms with Crippen molar-refractivity contribution in [2.75, 3.05) is 27.2 Å². The van der Waals surface area contributed by atoms with E-state index in [9.17, 15) is 14.0 Å².